The number of rotatable bonds is 3. The largest absolute Gasteiger partial charge is 0.478 e. The lowest BCUT2D eigenvalue weighted by Gasteiger charge is -2.00. The van der Waals surface area contributed by atoms with Crippen LogP contribution in [0.15, 0.2) is 23.1 Å². The molecule has 86 valence electrons. The zero-order valence-electron chi connectivity index (χ0n) is 7.52. The van der Waals surface area contributed by atoms with Crippen molar-refractivity contribution in [1.29, 1.82) is 0 Å². The Morgan fingerprint density at radius 1 is 1.38 bits per heavy atom. The number of nitro benzene ring substituents is 1. The number of carboxylic acids is 1. The van der Waals surface area contributed by atoms with Gasteiger partial charge in [0.1, 0.15) is 0 Å². The Morgan fingerprint density at radius 3 is 2.31 bits per heavy atom. The Kier molecular flexibility index (Phi) is 2.92. The van der Waals surface area contributed by atoms with Crippen molar-refractivity contribution in [1.82, 2.24) is 0 Å². The maximum atomic E-state index is 10.8. The third kappa shape index (κ3) is 2.32. The molecule has 0 fully saturated rings. The van der Waals surface area contributed by atoms with E-state index in [0.29, 0.717) is 12.1 Å². The minimum absolute atomic E-state index is 0.474. The average Bonchev–Trinajstić information content (AvgIpc) is 2.15. The molecule has 0 saturated heterocycles. The molecule has 0 atom stereocenters. The summed E-state index contributed by atoms with van der Waals surface area (Å²) in [5.41, 5.74) is -1.36. The van der Waals surface area contributed by atoms with Gasteiger partial charge < -0.3 is 5.11 Å². The molecule has 16 heavy (non-hydrogen) atoms. The molecule has 0 aromatic heterocycles. The van der Waals surface area contributed by atoms with E-state index in [1.807, 2.05) is 0 Å². The molecule has 0 aliphatic rings. The van der Waals surface area contributed by atoms with Crippen molar-refractivity contribution < 1.29 is 27.8 Å². The van der Waals surface area contributed by atoms with Gasteiger partial charge in [0.2, 0.25) is 0 Å². The van der Waals surface area contributed by atoms with Crippen LogP contribution in [0.3, 0.4) is 0 Å². The van der Waals surface area contributed by atoms with Crippen LogP contribution in [0.2, 0.25) is 0 Å². The molecule has 1 aromatic carbocycles. The SMILES string of the molecule is O=C(O)c1ccc([N+](=O)[O-])c(S(=O)(=O)O)c1. The van der Waals surface area contributed by atoms with Gasteiger partial charge in [-0.05, 0) is 12.1 Å². The third-order valence-electron chi connectivity index (χ3n) is 1.68. The second kappa shape index (κ2) is 3.87. The van der Waals surface area contributed by atoms with E-state index >= 15 is 0 Å². The quantitative estimate of drug-likeness (QED) is 0.452. The van der Waals surface area contributed by atoms with Gasteiger partial charge in [-0.2, -0.15) is 8.42 Å². The summed E-state index contributed by atoms with van der Waals surface area (Å²) in [7, 11) is -4.84. The van der Waals surface area contributed by atoms with Crippen molar-refractivity contribution in [3.8, 4) is 0 Å². The van der Waals surface area contributed by atoms with Gasteiger partial charge in [0, 0.05) is 6.07 Å². The number of hydrogen-bond acceptors (Lipinski definition) is 5. The van der Waals surface area contributed by atoms with Gasteiger partial charge >= 0.3 is 16.1 Å². The van der Waals surface area contributed by atoms with Crippen LogP contribution < -0.4 is 0 Å². The molecule has 1 aromatic rings. The van der Waals surface area contributed by atoms with E-state index in [4.69, 9.17) is 9.66 Å². The molecular formula is C7H5NO7S. The van der Waals surface area contributed by atoms with E-state index < -0.39 is 37.2 Å². The fraction of sp³-hybridized carbons (Fsp3) is 0. The summed E-state index contributed by atoms with van der Waals surface area (Å²) >= 11 is 0. The van der Waals surface area contributed by atoms with Crippen LogP contribution >= 0.6 is 0 Å². The number of nitro groups is 1. The summed E-state index contributed by atoms with van der Waals surface area (Å²) < 4.78 is 30.3. The molecule has 9 heteroatoms. The molecule has 0 aliphatic heterocycles. The monoisotopic (exact) mass is 247 g/mol. The van der Waals surface area contributed by atoms with Gasteiger partial charge in [-0.15, -0.1) is 0 Å². The molecule has 0 saturated carbocycles. The maximum Gasteiger partial charge on any atom is 0.335 e. The van der Waals surface area contributed by atoms with Gasteiger partial charge in [-0.3, -0.25) is 14.7 Å². The van der Waals surface area contributed by atoms with E-state index in [0.717, 1.165) is 6.07 Å². The van der Waals surface area contributed by atoms with E-state index in [1.165, 1.54) is 0 Å². The summed E-state index contributed by atoms with van der Waals surface area (Å²) in [6.45, 7) is 0. The Morgan fingerprint density at radius 2 is 1.94 bits per heavy atom. The van der Waals surface area contributed by atoms with Gasteiger partial charge in [-0.1, -0.05) is 0 Å². The topological polar surface area (TPSA) is 135 Å². The first-order chi connectivity index (χ1) is 7.23. The van der Waals surface area contributed by atoms with Crippen LogP contribution in [0.4, 0.5) is 5.69 Å². The molecule has 0 aliphatic carbocycles. The molecule has 0 amide bonds. The number of hydrogen-bond donors (Lipinski definition) is 2. The van der Waals surface area contributed by atoms with Crippen molar-refractivity contribution in [3.63, 3.8) is 0 Å². The molecule has 0 unspecified atom stereocenters. The second-order valence-electron chi connectivity index (χ2n) is 2.72. The number of nitrogens with zero attached hydrogens (tertiary/aromatic N) is 1. The molecule has 1 rings (SSSR count). The molecule has 0 heterocycles. The number of carbonyl (C=O) groups is 1. The van der Waals surface area contributed by atoms with Gasteiger partial charge in [0.05, 0.1) is 10.5 Å². The Hall–Kier alpha value is -2.00. The highest BCUT2D eigenvalue weighted by atomic mass is 32.2. The van der Waals surface area contributed by atoms with Crippen LogP contribution in [0.1, 0.15) is 10.4 Å². The molecule has 0 bridgehead atoms. The van der Waals surface area contributed by atoms with Crippen LogP contribution in [0, 0.1) is 10.1 Å². The molecular weight excluding hydrogens is 242 g/mol. The summed E-state index contributed by atoms with van der Waals surface area (Å²) in [5.74, 6) is -1.46. The molecule has 2 N–H and O–H groups in total. The first-order valence-corrected chi connectivity index (χ1v) is 5.16. The van der Waals surface area contributed by atoms with E-state index in [2.05, 4.69) is 0 Å². The predicted octanol–water partition coefficient (Wildman–Crippen LogP) is 0.540. The van der Waals surface area contributed by atoms with E-state index in [1.54, 1.807) is 0 Å². The highest BCUT2D eigenvalue weighted by Crippen LogP contribution is 2.24. The van der Waals surface area contributed by atoms with Gasteiger partial charge in [0.15, 0.2) is 4.90 Å². The fourth-order valence-corrected chi connectivity index (χ4v) is 1.69. The first kappa shape index (κ1) is 12.1. The van der Waals surface area contributed by atoms with Crippen LogP contribution in [-0.2, 0) is 10.1 Å². The van der Waals surface area contributed by atoms with Gasteiger partial charge in [0.25, 0.3) is 5.69 Å². The second-order valence-corrected chi connectivity index (χ2v) is 4.11. The highest BCUT2D eigenvalue weighted by molar-refractivity contribution is 7.86. The summed E-state index contributed by atoms with van der Waals surface area (Å²) in [4.78, 5) is 18.9. The number of benzene rings is 1. The van der Waals surface area contributed by atoms with Crippen molar-refractivity contribution >= 4 is 21.8 Å². The zero-order valence-corrected chi connectivity index (χ0v) is 8.34. The summed E-state index contributed by atoms with van der Waals surface area (Å²) in [6, 6.07) is 2.09. The lowest BCUT2D eigenvalue weighted by Crippen LogP contribution is -2.06. The van der Waals surface area contributed by atoms with Crippen molar-refractivity contribution in [2.24, 2.45) is 0 Å². The van der Waals surface area contributed by atoms with Crippen LogP contribution in [0.25, 0.3) is 0 Å². The molecule has 0 radical (unpaired) electrons. The Bertz CT molecular complexity index is 562. The third-order valence-corrected chi connectivity index (χ3v) is 2.56. The molecule has 0 spiro atoms. The smallest absolute Gasteiger partial charge is 0.335 e. The minimum atomic E-state index is -4.84. The predicted molar refractivity (Wildman–Crippen MR) is 49.9 cm³/mol. The van der Waals surface area contributed by atoms with Crippen molar-refractivity contribution in [2.75, 3.05) is 0 Å². The highest BCUT2D eigenvalue weighted by Gasteiger charge is 2.25. The zero-order chi connectivity index (χ0) is 12.5. The Labute approximate surface area is 89.0 Å². The van der Waals surface area contributed by atoms with E-state index in [-0.39, 0.29) is 0 Å². The fourth-order valence-electron chi connectivity index (χ4n) is 1.00. The van der Waals surface area contributed by atoms with Crippen molar-refractivity contribution in [3.05, 3.63) is 33.9 Å². The van der Waals surface area contributed by atoms with Crippen LogP contribution in [-0.4, -0.2) is 29.0 Å². The number of carboxylic acid groups (broad SMARTS) is 1. The maximum absolute atomic E-state index is 10.8. The number of aromatic carboxylic acids is 1. The lowest BCUT2D eigenvalue weighted by molar-refractivity contribution is -0.387. The average molecular weight is 247 g/mol. The van der Waals surface area contributed by atoms with Crippen LogP contribution in [0.5, 0.6) is 0 Å². The van der Waals surface area contributed by atoms with E-state index in [9.17, 15) is 23.3 Å². The lowest BCUT2D eigenvalue weighted by atomic mass is 10.2. The Balaban J connectivity index is 3.58. The molecule has 8 nitrogen and oxygen atoms in total. The summed E-state index contributed by atoms with van der Waals surface area (Å²) in [5, 5.41) is 19.0. The normalized spacial score (nSPS) is 11.1. The minimum Gasteiger partial charge on any atom is -0.478 e. The van der Waals surface area contributed by atoms with Crippen molar-refractivity contribution in [2.45, 2.75) is 4.90 Å². The summed E-state index contributed by atoms with van der Waals surface area (Å²) in [6.07, 6.45) is 0. The first-order valence-electron chi connectivity index (χ1n) is 3.72. The standard InChI is InChI=1S/C7H5NO7S/c9-7(10)4-1-2-5(8(11)12)6(3-4)16(13,14)15/h1-3H,(H,9,10)(H,13,14,15). The van der Waals surface area contributed by atoms with Gasteiger partial charge in [-0.25, -0.2) is 4.79 Å².